The largest absolute Gasteiger partial charge is 0.372 e. The van der Waals surface area contributed by atoms with Gasteiger partial charge in [0.25, 0.3) is 0 Å². The summed E-state index contributed by atoms with van der Waals surface area (Å²) in [5.74, 6) is 0. The highest BCUT2D eigenvalue weighted by Crippen LogP contribution is 2.26. The number of hydrogen-bond donors (Lipinski definition) is 1. The molecule has 0 aliphatic rings. The number of likely N-dealkylation sites (N-methyl/N-ethyl adjacent to an activating group) is 2. The molecular weight excluding hydrogens is 220 g/mol. The first-order valence-corrected chi connectivity index (χ1v) is 6.41. The Bertz CT molecular complexity index is 526. The molecular formula is C16H22N2. The van der Waals surface area contributed by atoms with E-state index >= 15 is 0 Å². The predicted molar refractivity (Wildman–Crippen MR) is 80.4 cm³/mol. The van der Waals surface area contributed by atoms with Gasteiger partial charge in [0.05, 0.1) is 0 Å². The summed E-state index contributed by atoms with van der Waals surface area (Å²) in [6.45, 7) is 5.40. The van der Waals surface area contributed by atoms with Gasteiger partial charge < -0.3 is 10.2 Å². The van der Waals surface area contributed by atoms with Crippen molar-refractivity contribution in [3.63, 3.8) is 0 Å². The molecule has 0 unspecified atom stereocenters. The van der Waals surface area contributed by atoms with E-state index in [1.54, 1.807) is 0 Å². The molecule has 0 saturated heterocycles. The number of nitrogens with zero attached hydrogens (tertiary/aromatic N) is 1. The van der Waals surface area contributed by atoms with E-state index in [-0.39, 0.29) is 5.54 Å². The fraction of sp³-hybridized carbons (Fsp3) is 0.375. The van der Waals surface area contributed by atoms with Gasteiger partial charge >= 0.3 is 0 Å². The lowest BCUT2D eigenvalue weighted by atomic mass is 10.0. The molecule has 96 valence electrons. The lowest BCUT2D eigenvalue weighted by molar-refractivity contribution is 0.428. The predicted octanol–water partition coefficient (Wildman–Crippen LogP) is 3.27. The number of hydrogen-bond acceptors (Lipinski definition) is 2. The van der Waals surface area contributed by atoms with Crippen LogP contribution in [-0.4, -0.2) is 26.2 Å². The zero-order valence-corrected chi connectivity index (χ0v) is 11.7. The zero-order chi connectivity index (χ0) is 13.2. The van der Waals surface area contributed by atoms with Crippen LogP contribution < -0.4 is 10.2 Å². The third-order valence-corrected chi connectivity index (χ3v) is 3.49. The first kappa shape index (κ1) is 12.9. The summed E-state index contributed by atoms with van der Waals surface area (Å²) in [7, 11) is 4.16. The minimum Gasteiger partial charge on any atom is -0.372 e. The Kier molecular flexibility index (Phi) is 3.58. The maximum absolute atomic E-state index is 3.35. The van der Waals surface area contributed by atoms with Gasteiger partial charge in [-0.2, -0.15) is 0 Å². The molecule has 2 rings (SSSR count). The van der Waals surface area contributed by atoms with Crippen LogP contribution in [-0.2, 0) is 0 Å². The van der Waals surface area contributed by atoms with E-state index in [2.05, 4.69) is 73.6 Å². The second kappa shape index (κ2) is 4.99. The fourth-order valence-electron chi connectivity index (χ4n) is 2.30. The molecule has 0 aliphatic heterocycles. The maximum Gasteiger partial charge on any atom is 0.0443 e. The molecule has 0 bridgehead atoms. The number of anilines is 1. The van der Waals surface area contributed by atoms with Crippen LogP contribution in [0.1, 0.15) is 13.8 Å². The third-order valence-electron chi connectivity index (χ3n) is 3.49. The first-order valence-electron chi connectivity index (χ1n) is 6.41. The van der Waals surface area contributed by atoms with Crippen LogP contribution in [0.25, 0.3) is 10.8 Å². The van der Waals surface area contributed by atoms with E-state index in [0.29, 0.717) is 0 Å². The zero-order valence-electron chi connectivity index (χ0n) is 11.7. The van der Waals surface area contributed by atoms with Crippen molar-refractivity contribution in [3.8, 4) is 0 Å². The third kappa shape index (κ3) is 2.65. The van der Waals surface area contributed by atoms with Crippen molar-refractivity contribution in [1.29, 1.82) is 0 Å². The van der Waals surface area contributed by atoms with Crippen molar-refractivity contribution >= 4 is 16.5 Å². The van der Waals surface area contributed by atoms with Crippen LogP contribution >= 0.6 is 0 Å². The molecule has 18 heavy (non-hydrogen) atoms. The Labute approximate surface area is 110 Å². The van der Waals surface area contributed by atoms with Gasteiger partial charge in [0.2, 0.25) is 0 Å². The normalized spacial score (nSPS) is 11.8. The molecule has 0 spiro atoms. The van der Waals surface area contributed by atoms with Crippen molar-refractivity contribution in [2.75, 3.05) is 25.5 Å². The van der Waals surface area contributed by atoms with Gasteiger partial charge in [0.1, 0.15) is 0 Å². The molecule has 0 saturated carbocycles. The van der Waals surface area contributed by atoms with Crippen LogP contribution in [0, 0.1) is 0 Å². The Hall–Kier alpha value is -1.54. The van der Waals surface area contributed by atoms with Gasteiger partial charge in [-0.25, -0.2) is 0 Å². The second-order valence-corrected chi connectivity index (χ2v) is 5.49. The van der Waals surface area contributed by atoms with Gasteiger partial charge in [-0.1, -0.05) is 36.4 Å². The lowest BCUT2D eigenvalue weighted by Crippen LogP contribution is -2.46. The molecule has 0 fully saturated rings. The van der Waals surface area contributed by atoms with Gasteiger partial charge in [-0.15, -0.1) is 0 Å². The molecule has 2 aromatic carbocycles. The van der Waals surface area contributed by atoms with Crippen LogP contribution in [0.3, 0.4) is 0 Å². The van der Waals surface area contributed by atoms with E-state index in [1.807, 2.05) is 7.05 Å². The number of rotatable bonds is 4. The highest BCUT2D eigenvalue weighted by molar-refractivity contribution is 5.94. The second-order valence-electron chi connectivity index (χ2n) is 5.49. The Morgan fingerprint density at radius 2 is 1.72 bits per heavy atom. The summed E-state index contributed by atoms with van der Waals surface area (Å²) in [5, 5.41) is 5.96. The lowest BCUT2D eigenvalue weighted by Gasteiger charge is -2.32. The van der Waals surface area contributed by atoms with Gasteiger partial charge in [-0.05, 0) is 32.3 Å². The van der Waals surface area contributed by atoms with Crippen LogP contribution in [0.2, 0.25) is 0 Å². The van der Waals surface area contributed by atoms with Crippen LogP contribution in [0.4, 0.5) is 5.69 Å². The van der Waals surface area contributed by atoms with Crippen molar-refractivity contribution in [2.24, 2.45) is 0 Å². The van der Waals surface area contributed by atoms with Crippen molar-refractivity contribution in [3.05, 3.63) is 42.5 Å². The quantitative estimate of drug-likeness (QED) is 0.885. The number of fused-ring (bicyclic) bond motifs is 1. The van der Waals surface area contributed by atoms with E-state index in [4.69, 9.17) is 0 Å². The molecule has 0 aromatic heterocycles. The monoisotopic (exact) mass is 242 g/mol. The minimum absolute atomic E-state index is 0.103. The minimum atomic E-state index is 0.103. The number of benzene rings is 2. The Balaban J connectivity index is 2.36. The van der Waals surface area contributed by atoms with Crippen molar-refractivity contribution in [2.45, 2.75) is 19.4 Å². The maximum atomic E-state index is 3.35. The summed E-state index contributed by atoms with van der Waals surface area (Å²) in [5.41, 5.74) is 1.39. The number of nitrogens with one attached hydrogen (secondary N) is 1. The summed E-state index contributed by atoms with van der Waals surface area (Å²) in [6, 6.07) is 15.0. The summed E-state index contributed by atoms with van der Waals surface area (Å²) >= 11 is 0. The van der Waals surface area contributed by atoms with Crippen molar-refractivity contribution in [1.82, 2.24) is 5.32 Å². The first-order chi connectivity index (χ1) is 8.53. The standard InChI is InChI=1S/C16H22N2/c1-16(2,17-3)12-18(4)15-11-7-9-13-8-5-6-10-14(13)15/h5-11,17H,12H2,1-4H3. The van der Waals surface area contributed by atoms with E-state index < -0.39 is 0 Å². The average molecular weight is 242 g/mol. The molecule has 0 amide bonds. The molecule has 0 radical (unpaired) electrons. The van der Waals surface area contributed by atoms with Gasteiger partial charge in [0.15, 0.2) is 0 Å². The van der Waals surface area contributed by atoms with Crippen LogP contribution in [0.15, 0.2) is 42.5 Å². The SMILES string of the molecule is CNC(C)(C)CN(C)c1cccc2ccccc12. The Morgan fingerprint density at radius 1 is 1.06 bits per heavy atom. The summed E-state index contributed by atoms with van der Waals surface area (Å²) in [6.07, 6.45) is 0. The highest BCUT2D eigenvalue weighted by Gasteiger charge is 2.18. The highest BCUT2D eigenvalue weighted by atomic mass is 15.1. The van der Waals surface area contributed by atoms with Gasteiger partial charge in [-0.3, -0.25) is 0 Å². The van der Waals surface area contributed by atoms with Crippen molar-refractivity contribution < 1.29 is 0 Å². The summed E-state index contributed by atoms with van der Waals surface area (Å²) < 4.78 is 0. The Morgan fingerprint density at radius 3 is 2.44 bits per heavy atom. The molecule has 2 heteroatoms. The molecule has 0 atom stereocenters. The topological polar surface area (TPSA) is 15.3 Å². The molecule has 1 N–H and O–H groups in total. The fourth-order valence-corrected chi connectivity index (χ4v) is 2.30. The smallest absolute Gasteiger partial charge is 0.0443 e. The molecule has 0 aliphatic carbocycles. The van der Waals surface area contributed by atoms with E-state index in [0.717, 1.165) is 6.54 Å². The molecule has 0 heterocycles. The van der Waals surface area contributed by atoms with E-state index in [1.165, 1.54) is 16.5 Å². The van der Waals surface area contributed by atoms with Gasteiger partial charge in [0, 0.05) is 30.2 Å². The van der Waals surface area contributed by atoms with Crippen LogP contribution in [0.5, 0.6) is 0 Å². The molecule has 2 nitrogen and oxygen atoms in total. The molecule has 2 aromatic rings. The summed E-state index contributed by atoms with van der Waals surface area (Å²) in [4.78, 5) is 2.32. The average Bonchev–Trinajstić information content (AvgIpc) is 2.37. The van der Waals surface area contributed by atoms with E-state index in [9.17, 15) is 0 Å².